The molecule has 24 heavy (non-hydrogen) atoms. The van der Waals surface area contributed by atoms with E-state index in [9.17, 15) is 4.79 Å². The fourth-order valence-electron chi connectivity index (χ4n) is 2.38. The van der Waals surface area contributed by atoms with Gasteiger partial charge >= 0.3 is 0 Å². The summed E-state index contributed by atoms with van der Waals surface area (Å²) in [4.78, 5) is 12.2. The molecule has 0 spiro atoms. The second-order valence-electron chi connectivity index (χ2n) is 6.35. The van der Waals surface area contributed by atoms with Gasteiger partial charge in [0.2, 0.25) is 5.91 Å². The topological polar surface area (TPSA) is 41.5 Å². The van der Waals surface area contributed by atoms with E-state index in [1.165, 1.54) is 5.56 Å². The van der Waals surface area contributed by atoms with Gasteiger partial charge in [0.05, 0.1) is 12.1 Å². The van der Waals surface area contributed by atoms with Gasteiger partial charge in [-0.05, 0) is 48.1 Å². The molecule has 1 N–H and O–H groups in total. The third kappa shape index (κ3) is 5.50. The quantitative estimate of drug-likeness (QED) is 0.595. The monoisotopic (exact) mass is 342 g/mol. The maximum atomic E-state index is 12.2. The van der Waals surface area contributed by atoms with E-state index in [1.54, 1.807) is 18.3 Å². The molecule has 3 nitrogen and oxygen atoms in total. The van der Waals surface area contributed by atoms with Crippen molar-refractivity contribution in [2.45, 2.75) is 33.1 Å². The van der Waals surface area contributed by atoms with Crippen LogP contribution in [0.1, 0.15) is 43.4 Å². The van der Waals surface area contributed by atoms with Gasteiger partial charge in [-0.2, -0.15) is 5.10 Å². The largest absolute Gasteiger partial charge is 0.272 e. The van der Waals surface area contributed by atoms with Crippen LogP contribution in [0.25, 0.3) is 0 Å². The van der Waals surface area contributed by atoms with E-state index in [1.807, 2.05) is 31.2 Å². The van der Waals surface area contributed by atoms with E-state index in [-0.39, 0.29) is 11.8 Å². The van der Waals surface area contributed by atoms with Crippen molar-refractivity contribution in [2.24, 2.45) is 11.0 Å². The Morgan fingerprint density at radius 1 is 1.08 bits per heavy atom. The molecule has 126 valence electrons. The maximum absolute atomic E-state index is 12.2. The Hall–Kier alpha value is -2.13. The van der Waals surface area contributed by atoms with Crippen LogP contribution < -0.4 is 5.43 Å². The van der Waals surface area contributed by atoms with Gasteiger partial charge in [0, 0.05) is 5.02 Å². The van der Waals surface area contributed by atoms with Crippen LogP contribution in [-0.4, -0.2) is 12.1 Å². The number of amides is 1. The number of hydrazone groups is 1. The predicted octanol–water partition coefficient (Wildman–Crippen LogP) is 4.79. The highest BCUT2D eigenvalue weighted by Crippen LogP contribution is 2.17. The van der Waals surface area contributed by atoms with Crippen molar-refractivity contribution in [1.29, 1.82) is 0 Å². The Labute approximate surface area is 148 Å². The summed E-state index contributed by atoms with van der Waals surface area (Å²) in [5, 5.41) is 4.68. The zero-order chi connectivity index (χ0) is 17.5. The molecule has 1 atom stereocenters. The number of halogens is 1. The molecule has 0 heterocycles. The molecule has 0 aliphatic carbocycles. The van der Waals surface area contributed by atoms with Crippen LogP contribution in [0.15, 0.2) is 53.6 Å². The number of benzene rings is 2. The van der Waals surface area contributed by atoms with Crippen LogP contribution in [0, 0.1) is 5.92 Å². The molecule has 0 bridgehead atoms. The fourth-order valence-corrected chi connectivity index (χ4v) is 2.51. The first-order valence-electron chi connectivity index (χ1n) is 8.13. The molecular formula is C20H23ClN2O. The zero-order valence-electron chi connectivity index (χ0n) is 14.3. The molecule has 0 aromatic heterocycles. The molecule has 0 aliphatic rings. The van der Waals surface area contributed by atoms with Crippen LogP contribution in [0.2, 0.25) is 5.02 Å². The van der Waals surface area contributed by atoms with Gasteiger partial charge in [-0.3, -0.25) is 4.79 Å². The highest BCUT2D eigenvalue weighted by molar-refractivity contribution is 6.30. The lowest BCUT2D eigenvalue weighted by Gasteiger charge is -2.11. The minimum atomic E-state index is -0.250. The average molecular weight is 343 g/mol. The lowest BCUT2D eigenvalue weighted by Crippen LogP contribution is -2.23. The normalized spacial score (nSPS) is 12.5. The standard InChI is InChI=1S/C20H23ClN2O/c1-14(2)12-16-4-8-18(9-5-16)15(3)20(24)23-22-13-17-6-10-19(21)11-7-17/h4-11,13-15H,12H2,1-3H3,(H,23,24)/b22-13+/t15-/m1/s1. The van der Waals surface area contributed by atoms with Crippen LogP contribution in [0.3, 0.4) is 0 Å². The molecule has 0 fully saturated rings. The summed E-state index contributed by atoms with van der Waals surface area (Å²) in [7, 11) is 0. The van der Waals surface area contributed by atoms with E-state index in [2.05, 4.69) is 36.5 Å². The highest BCUT2D eigenvalue weighted by Gasteiger charge is 2.14. The van der Waals surface area contributed by atoms with E-state index >= 15 is 0 Å². The average Bonchev–Trinajstić information content (AvgIpc) is 2.56. The Balaban J connectivity index is 1.92. The van der Waals surface area contributed by atoms with Gasteiger partial charge in [-0.1, -0.05) is 61.8 Å². The van der Waals surface area contributed by atoms with Crippen molar-refractivity contribution in [3.8, 4) is 0 Å². The molecule has 0 unspecified atom stereocenters. The summed E-state index contributed by atoms with van der Waals surface area (Å²) in [5.41, 5.74) is 5.75. The summed E-state index contributed by atoms with van der Waals surface area (Å²) in [5.74, 6) is 0.246. The molecule has 0 aliphatic heterocycles. The zero-order valence-corrected chi connectivity index (χ0v) is 15.0. The van der Waals surface area contributed by atoms with Crippen molar-refractivity contribution < 1.29 is 4.79 Å². The van der Waals surface area contributed by atoms with E-state index in [0.717, 1.165) is 17.5 Å². The number of carbonyl (C=O) groups is 1. The van der Waals surface area contributed by atoms with Crippen molar-refractivity contribution in [3.05, 3.63) is 70.2 Å². The number of nitrogens with zero attached hydrogens (tertiary/aromatic N) is 1. The number of carbonyl (C=O) groups excluding carboxylic acids is 1. The molecule has 2 aromatic carbocycles. The minimum Gasteiger partial charge on any atom is -0.272 e. The molecule has 0 saturated heterocycles. The number of hydrogen-bond acceptors (Lipinski definition) is 2. The van der Waals surface area contributed by atoms with Gasteiger partial charge in [-0.25, -0.2) is 5.43 Å². The first-order valence-corrected chi connectivity index (χ1v) is 8.51. The molecule has 0 radical (unpaired) electrons. The summed E-state index contributed by atoms with van der Waals surface area (Å²) in [6, 6.07) is 15.5. The smallest absolute Gasteiger partial charge is 0.247 e. The van der Waals surface area contributed by atoms with Gasteiger partial charge in [0.25, 0.3) is 0 Å². The second kappa shape index (κ2) is 8.65. The maximum Gasteiger partial charge on any atom is 0.247 e. The summed E-state index contributed by atoms with van der Waals surface area (Å²) in [6.45, 7) is 6.27. The van der Waals surface area contributed by atoms with Gasteiger partial charge in [0.1, 0.15) is 0 Å². The number of nitrogens with one attached hydrogen (secondary N) is 1. The Morgan fingerprint density at radius 2 is 1.71 bits per heavy atom. The van der Waals surface area contributed by atoms with Crippen molar-refractivity contribution >= 4 is 23.7 Å². The van der Waals surface area contributed by atoms with Crippen molar-refractivity contribution in [1.82, 2.24) is 5.43 Å². The SMILES string of the molecule is CC(C)Cc1ccc([C@@H](C)C(=O)N/N=C/c2ccc(Cl)cc2)cc1. The van der Waals surface area contributed by atoms with Crippen LogP contribution in [0.5, 0.6) is 0 Å². The van der Waals surface area contributed by atoms with Crippen LogP contribution >= 0.6 is 11.6 Å². The minimum absolute atomic E-state index is 0.128. The third-order valence-corrected chi connectivity index (χ3v) is 4.03. The molecule has 2 aromatic rings. The lowest BCUT2D eigenvalue weighted by atomic mass is 9.96. The molecule has 0 saturated carbocycles. The van der Waals surface area contributed by atoms with Gasteiger partial charge in [0.15, 0.2) is 0 Å². The summed E-state index contributed by atoms with van der Waals surface area (Å²) in [6.07, 6.45) is 2.65. The second-order valence-corrected chi connectivity index (χ2v) is 6.78. The van der Waals surface area contributed by atoms with Crippen molar-refractivity contribution in [2.75, 3.05) is 0 Å². The Morgan fingerprint density at radius 3 is 2.29 bits per heavy atom. The van der Waals surface area contributed by atoms with Gasteiger partial charge in [-0.15, -0.1) is 0 Å². The van der Waals surface area contributed by atoms with Gasteiger partial charge < -0.3 is 0 Å². The molecule has 4 heteroatoms. The summed E-state index contributed by atoms with van der Waals surface area (Å²) < 4.78 is 0. The molecule has 1 amide bonds. The Bertz CT molecular complexity index is 691. The fraction of sp³-hybridized carbons (Fsp3) is 0.300. The van der Waals surface area contributed by atoms with Crippen LogP contribution in [0.4, 0.5) is 0 Å². The highest BCUT2D eigenvalue weighted by atomic mass is 35.5. The van der Waals surface area contributed by atoms with E-state index < -0.39 is 0 Å². The lowest BCUT2D eigenvalue weighted by molar-refractivity contribution is -0.122. The van der Waals surface area contributed by atoms with Crippen LogP contribution in [-0.2, 0) is 11.2 Å². The van der Waals surface area contributed by atoms with E-state index in [4.69, 9.17) is 11.6 Å². The Kier molecular flexibility index (Phi) is 6.56. The number of rotatable bonds is 6. The predicted molar refractivity (Wildman–Crippen MR) is 101 cm³/mol. The molecule has 2 rings (SSSR count). The van der Waals surface area contributed by atoms with Crippen molar-refractivity contribution in [3.63, 3.8) is 0 Å². The first-order chi connectivity index (χ1) is 11.5. The van der Waals surface area contributed by atoms with E-state index in [0.29, 0.717) is 10.9 Å². The first kappa shape index (κ1) is 18.2. The number of hydrogen-bond donors (Lipinski definition) is 1. The third-order valence-electron chi connectivity index (χ3n) is 3.78. The molecular weight excluding hydrogens is 320 g/mol. The summed E-state index contributed by atoms with van der Waals surface area (Å²) >= 11 is 5.83.